The molecule has 1 fully saturated rings. The number of carbonyl (C=O) groups is 2. The largest absolute Gasteiger partial charge is 0.491 e. The molecule has 0 bridgehead atoms. The fourth-order valence-electron chi connectivity index (χ4n) is 1.35. The molecule has 16 heavy (non-hydrogen) atoms. The van der Waals surface area contributed by atoms with Crippen molar-refractivity contribution in [2.45, 2.75) is 26.2 Å². The molecule has 0 saturated carbocycles. The van der Waals surface area contributed by atoms with Crippen LogP contribution in [0.3, 0.4) is 0 Å². The quantitative estimate of drug-likeness (QED) is 0.468. The van der Waals surface area contributed by atoms with Crippen molar-refractivity contribution >= 4 is 11.8 Å². The summed E-state index contributed by atoms with van der Waals surface area (Å²) >= 11 is 0. The number of amides is 2. The first-order chi connectivity index (χ1) is 6.74. The molecule has 0 unspecified atom stereocenters. The van der Waals surface area contributed by atoms with Crippen LogP contribution < -0.4 is 5.32 Å². The van der Waals surface area contributed by atoms with Gasteiger partial charge in [0.25, 0.3) is 0 Å². The van der Waals surface area contributed by atoms with E-state index in [4.69, 9.17) is 0 Å². The summed E-state index contributed by atoms with van der Waals surface area (Å²) < 4.78 is 0. The molecule has 4 nitrogen and oxygen atoms in total. The maximum atomic E-state index is 11.4. The molecule has 0 radical (unpaired) electrons. The normalized spacial score (nSPS) is 13.4. The van der Waals surface area contributed by atoms with Crippen LogP contribution in [0.2, 0.25) is 0 Å². The number of carbonyl (C=O) groups excluding carboxylic acids is 2. The fraction of sp³-hybridized carbons (Fsp3) is 0.600. The van der Waals surface area contributed by atoms with Gasteiger partial charge in [0.05, 0.1) is 12.5 Å². The van der Waals surface area contributed by atoms with E-state index in [1.54, 1.807) is 4.90 Å². The third-order valence-electron chi connectivity index (χ3n) is 2.08. The average Bonchev–Trinajstić information content (AvgIpc) is 2.67. The predicted octanol–water partition coefficient (Wildman–Crippen LogP) is 0.499. The van der Waals surface area contributed by atoms with Crippen LogP contribution in [0, 0.1) is 44.1 Å². The molecule has 1 N–H and O–H groups in total. The van der Waals surface area contributed by atoms with Crippen molar-refractivity contribution in [2.75, 3.05) is 13.1 Å². The van der Waals surface area contributed by atoms with Gasteiger partial charge in [-0.15, -0.1) is 0 Å². The summed E-state index contributed by atoms with van der Waals surface area (Å²) in [4.78, 5) is 24.1. The van der Waals surface area contributed by atoms with Gasteiger partial charge in [-0.05, 0) is 6.54 Å². The molecule has 0 spiro atoms. The second kappa shape index (κ2) is 10.7. The van der Waals surface area contributed by atoms with E-state index in [0.29, 0.717) is 6.42 Å². The Morgan fingerprint density at radius 2 is 2.19 bits per heavy atom. The maximum absolute atomic E-state index is 11.4. The number of nitrogens with one attached hydrogen (secondary N) is 1. The Bertz CT molecular complexity index is 221. The van der Waals surface area contributed by atoms with Crippen LogP contribution in [-0.2, 0) is 30.7 Å². The summed E-state index contributed by atoms with van der Waals surface area (Å²) in [5.41, 5.74) is 0. The molecule has 0 aromatic carbocycles. The first-order valence-electron chi connectivity index (χ1n) is 4.98. The van der Waals surface area contributed by atoms with Crippen LogP contribution in [0.1, 0.15) is 26.2 Å². The summed E-state index contributed by atoms with van der Waals surface area (Å²) in [7, 11) is 0. The third kappa shape index (κ3) is 6.99. The van der Waals surface area contributed by atoms with Gasteiger partial charge in [0.15, 0.2) is 0 Å². The van der Waals surface area contributed by atoms with Crippen molar-refractivity contribution in [2.24, 2.45) is 0 Å². The zero-order chi connectivity index (χ0) is 10.4. The first kappa shape index (κ1) is 18.9. The molecule has 0 aromatic heterocycles. The van der Waals surface area contributed by atoms with Gasteiger partial charge in [-0.3, -0.25) is 4.79 Å². The molecular formula is C10H16N2O2UW-2. The molecule has 1 heterocycles. The standard InChI is InChI=1S/C10H16N2O2.U.W/c1-2-5-9(13)11-8-10(14)12-6-3-4-7-12;;/h5-6H,2-4,7-8H2,1H3,(H,11,13);;/q-2;;. The number of nitrogens with zero attached hydrogens (tertiary/aromatic N) is 1. The summed E-state index contributed by atoms with van der Waals surface area (Å²) in [5.74, 6) is -0.194. The molecule has 0 atom stereocenters. The minimum absolute atomic E-state index is 0. The van der Waals surface area contributed by atoms with Crippen molar-refractivity contribution in [1.29, 1.82) is 0 Å². The molecule has 0 aromatic rings. The Labute approximate surface area is 135 Å². The van der Waals surface area contributed by atoms with E-state index in [0.717, 1.165) is 19.4 Å². The van der Waals surface area contributed by atoms with E-state index in [-0.39, 0.29) is 70.5 Å². The van der Waals surface area contributed by atoms with E-state index in [1.807, 2.05) is 13.5 Å². The topological polar surface area (TPSA) is 49.4 Å². The van der Waals surface area contributed by atoms with Gasteiger partial charge in [0.1, 0.15) is 0 Å². The number of hydrogen-bond donors (Lipinski definition) is 1. The van der Waals surface area contributed by atoms with E-state index < -0.39 is 0 Å². The maximum Gasteiger partial charge on any atom is 0.212 e. The average molecular weight is 618 g/mol. The Balaban J connectivity index is 0. The zero-order valence-electron chi connectivity index (χ0n) is 9.36. The van der Waals surface area contributed by atoms with Crippen molar-refractivity contribution in [3.63, 3.8) is 0 Å². The van der Waals surface area contributed by atoms with Gasteiger partial charge in [0.2, 0.25) is 5.91 Å². The van der Waals surface area contributed by atoms with Gasteiger partial charge in [-0.25, -0.2) is 6.54 Å². The van der Waals surface area contributed by atoms with Crippen LogP contribution >= 0.6 is 0 Å². The summed E-state index contributed by atoms with van der Waals surface area (Å²) in [6.07, 6.45) is 4.21. The summed E-state index contributed by atoms with van der Waals surface area (Å²) in [6, 6.07) is 0. The van der Waals surface area contributed by atoms with E-state index in [2.05, 4.69) is 5.32 Å². The number of likely N-dealkylation sites (tertiary alicyclic amines) is 1. The van der Waals surface area contributed by atoms with Crippen LogP contribution in [0.15, 0.2) is 0 Å². The van der Waals surface area contributed by atoms with Crippen molar-refractivity contribution in [1.82, 2.24) is 10.2 Å². The van der Waals surface area contributed by atoms with Gasteiger partial charge >= 0.3 is 0 Å². The molecular weight excluding hydrogens is 602 g/mol. The molecule has 1 aliphatic rings. The molecule has 6 heteroatoms. The van der Waals surface area contributed by atoms with Crippen LogP contribution in [0.4, 0.5) is 0 Å². The fourth-order valence-corrected chi connectivity index (χ4v) is 1.35. The third-order valence-corrected chi connectivity index (χ3v) is 2.08. The molecule has 1 aliphatic heterocycles. The predicted molar refractivity (Wildman–Crippen MR) is 52.8 cm³/mol. The monoisotopic (exact) mass is 618 g/mol. The Morgan fingerprint density at radius 3 is 2.69 bits per heavy atom. The van der Waals surface area contributed by atoms with Crippen molar-refractivity contribution in [3.8, 4) is 0 Å². The Kier molecular flexibility index (Phi) is 12.6. The van der Waals surface area contributed by atoms with Gasteiger partial charge < -0.3 is 21.4 Å². The number of rotatable bonds is 4. The van der Waals surface area contributed by atoms with E-state index in [9.17, 15) is 9.59 Å². The second-order valence-electron chi connectivity index (χ2n) is 3.24. The van der Waals surface area contributed by atoms with Gasteiger partial charge in [0, 0.05) is 52.2 Å². The smallest absolute Gasteiger partial charge is 0.212 e. The van der Waals surface area contributed by atoms with Crippen molar-refractivity contribution < 1.29 is 61.8 Å². The van der Waals surface area contributed by atoms with Crippen LogP contribution in [0.5, 0.6) is 0 Å². The van der Waals surface area contributed by atoms with Crippen LogP contribution in [0.25, 0.3) is 0 Å². The van der Waals surface area contributed by atoms with Gasteiger partial charge in [-0.2, -0.15) is 12.8 Å². The van der Waals surface area contributed by atoms with Crippen molar-refractivity contribution in [3.05, 3.63) is 13.0 Å². The molecule has 90 valence electrons. The van der Waals surface area contributed by atoms with E-state index >= 15 is 0 Å². The molecule has 0 aliphatic carbocycles. The van der Waals surface area contributed by atoms with Gasteiger partial charge in [-0.1, -0.05) is 13.3 Å². The SMILES string of the molecule is CC[CH-]C(=O)NCC(=O)N1[CH-]CCC1.[U].[W]. The van der Waals surface area contributed by atoms with Crippen LogP contribution in [-0.4, -0.2) is 29.8 Å². The Morgan fingerprint density at radius 1 is 1.50 bits per heavy atom. The zero-order valence-corrected chi connectivity index (χ0v) is 16.5. The minimum atomic E-state index is -0.167. The molecule has 1 saturated heterocycles. The minimum Gasteiger partial charge on any atom is -0.491 e. The van der Waals surface area contributed by atoms with E-state index in [1.165, 1.54) is 6.42 Å². The number of hydrogen-bond acceptors (Lipinski definition) is 2. The summed E-state index contributed by atoms with van der Waals surface area (Å²) in [5, 5.41) is 2.55. The second-order valence-corrected chi connectivity index (χ2v) is 3.24. The molecule has 2 amide bonds. The first-order valence-corrected chi connectivity index (χ1v) is 4.98. The summed E-state index contributed by atoms with van der Waals surface area (Å²) in [6.45, 7) is 4.66. The molecule has 1 rings (SSSR count). The Hall–Kier alpha value is 0.550.